The molecule has 2 aromatic carbocycles. The van der Waals surface area contributed by atoms with Gasteiger partial charge in [0.15, 0.2) is 0 Å². The van der Waals surface area contributed by atoms with E-state index in [-0.39, 0.29) is 5.97 Å². The van der Waals surface area contributed by atoms with E-state index in [1.165, 1.54) is 7.11 Å². The molecular weight excluding hydrogens is 344 g/mol. The van der Waals surface area contributed by atoms with E-state index in [9.17, 15) is 4.79 Å². The summed E-state index contributed by atoms with van der Waals surface area (Å²) in [6.07, 6.45) is 0. The molecule has 27 heavy (non-hydrogen) atoms. The molecule has 0 saturated carbocycles. The van der Waals surface area contributed by atoms with Gasteiger partial charge in [-0.15, -0.1) is 0 Å². The Morgan fingerprint density at radius 3 is 2.44 bits per heavy atom. The number of aromatic nitrogens is 2. The second kappa shape index (κ2) is 8.14. The molecule has 0 bridgehead atoms. The van der Waals surface area contributed by atoms with Crippen molar-refractivity contribution in [1.29, 1.82) is 0 Å². The van der Waals surface area contributed by atoms with Crippen molar-refractivity contribution in [1.82, 2.24) is 10.1 Å². The summed E-state index contributed by atoms with van der Waals surface area (Å²) in [4.78, 5) is 16.0. The van der Waals surface area contributed by atoms with Crippen LogP contribution in [0, 0.1) is 0 Å². The predicted octanol–water partition coefficient (Wildman–Crippen LogP) is 4.02. The highest BCUT2D eigenvalue weighted by Gasteiger charge is 2.28. The van der Waals surface area contributed by atoms with E-state index in [1.807, 2.05) is 44.2 Å². The lowest BCUT2D eigenvalue weighted by atomic mass is 9.95. The van der Waals surface area contributed by atoms with Gasteiger partial charge in [0.2, 0.25) is 11.7 Å². The molecule has 3 aromatic rings. The zero-order valence-corrected chi connectivity index (χ0v) is 15.6. The molecular formula is C21H22N2O4. The van der Waals surface area contributed by atoms with Crippen LogP contribution < -0.4 is 0 Å². The molecule has 0 aliphatic rings. The highest BCUT2D eigenvalue weighted by molar-refractivity contribution is 5.89. The molecule has 0 spiro atoms. The Balaban J connectivity index is 1.65. The van der Waals surface area contributed by atoms with E-state index in [2.05, 4.69) is 10.1 Å². The van der Waals surface area contributed by atoms with Gasteiger partial charge in [-0.3, -0.25) is 0 Å². The fraction of sp³-hybridized carbons (Fsp3) is 0.286. The minimum absolute atomic E-state index is 0.382. The Labute approximate surface area is 158 Å². The number of rotatable bonds is 7. The first-order valence-electron chi connectivity index (χ1n) is 8.64. The quantitative estimate of drug-likeness (QED) is 0.588. The van der Waals surface area contributed by atoms with E-state index in [0.29, 0.717) is 30.5 Å². The van der Waals surface area contributed by atoms with Crippen molar-refractivity contribution in [3.05, 3.63) is 71.6 Å². The van der Waals surface area contributed by atoms with Gasteiger partial charge in [0.25, 0.3) is 0 Å². The summed E-state index contributed by atoms with van der Waals surface area (Å²) in [5, 5.41) is 4.06. The van der Waals surface area contributed by atoms with Gasteiger partial charge in [-0.2, -0.15) is 4.98 Å². The lowest BCUT2D eigenvalue weighted by Crippen LogP contribution is -2.24. The average molecular weight is 366 g/mol. The number of methoxy groups -OCH3 is 1. The monoisotopic (exact) mass is 366 g/mol. The van der Waals surface area contributed by atoms with Crippen LogP contribution in [0.1, 0.15) is 35.7 Å². The first kappa shape index (κ1) is 18.8. The minimum Gasteiger partial charge on any atom is -0.465 e. The summed E-state index contributed by atoms with van der Waals surface area (Å²) >= 11 is 0. The molecule has 0 amide bonds. The van der Waals surface area contributed by atoms with E-state index < -0.39 is 5.41 Å². The summed E-state index contributed by atoms with van der Waals surface area (Å²) in [6, 6.07) is 16.9. The number of hydrogen-bond donors (Lipinski definition) is 0. The summed E-state index contributed by atoms with van der Waals surface area (Å²) in [6.45, 7) is 4.97. The van der Waals surface area contributed by atoms with Crippen LogP contribution in [-0.4, -0.2) is 29.8 Å². The summed E-state index contributed by atoms with van der Waals surface area (Å²) in [7, 11) is 1.35. The van der Waals surface area contributed by atoms with Gasteiger partial charge >= 0.3 is 5.97 Å². The second-order valence-electron chi connectivity index (χ2n) is 6.85. The Morgan fingerprint density at radius 1 is 1.07 bits per heavy atom. The number of nitrogens with zero attached hydrogens (tertiary/aromatic N) is 2. The highest BCUT2D eigenvalue weighted by Crippen LogP contribution is 2.25. The molecule has 0 radical (unpaired) electrons. The maximum Gasteiger partial charge on any atom is 0.337 e. The third-order valence-electron chi connectivity index (χ3n) is 4.14. The van der Waals surface area contributed by atoms with Gasteiger partial charge in [-0.1, -0.05) is 47.6 Å². The van der Waals surface area contributed by atoms with E-state index >= 15 is 0 Å². The van der Waals surface area contributed by atoms with Crippen LogP contribution in [0.2, 0.25) is 0 Å². The lowest BCUT2D eigenvalue weighted by Gasteiger charge is -2.19. The topological polar surface area (TPSA) is 74.5 Å². The lowest BCUT2D eigenvalue weighted by molar-refractivity contribution is 0.0600. The molecule has 6 nitrogen and oxygen atoms in total. The van der Waals surface area contributed by atoms with Crippen molar-refractivity contribution in [2.45, 2.75) is 25.9 Å². The zero-order chi connectivity index (χ0) is 19.3. The van der Waals surface area contributed by atoms with Crippen molar-refractivity contribution in [3.8, 4) is 11.4 Å². The average Bonchev–Trinajstić information content (AvgIpc) is 3.19. The van der Waals surface area contributed by atoms with Gasteiger partial charge in [0, 0.05) is 5.56 Å². The van der Waals surface area contributed by atoms with Crippen LogP contribution in [0.25, 0.3) is 11.4 Å². The number of ether oxygens (including phenoxy) is 2. The van der Waals surface area contributed by atoms with Gasteiger partial charge < -0.3 is 14.0 Å². The van der Waals surface area contributed by atoms with Crippen molar-refractivity contribution < 1.29 is 18.8 Å². The molecule has 0 aliphatic carbocycles. The zero-order valence-electron chi connectivity index (χ0n) is 15.6. The first-order valence-corrected chi connectivity index (χ1v) is 8.64. The van der Waals surface area contributed by atoms with Crippen molar-refractivity contribution in [3.63, 3.8) is 0 Å². The van der Waals surface area contributed by atoms with Crippen LogP contribution >= 0.6 is 0 Å². The maximum absolute atomic E-state index is 11.5. The molecule has 6 heteroatoms. The van der Waals surface area contributed by atoms with E-state index in [0.717, 1.165) is 11.1 Å². The Hall–Kier alpha value is -2.99. The van der Waals surface area contributed by atoms with Crippen LogP contribution in [0.15, 0.2) is 59.1 Å². The van der Waals surface area contributed by atoms with Crippen LogP contribution in [0.5, 0.6) is 0 Å². The van der Waals surface area contributed by atoms with E-state index in [4.69, 9.17) is 14.0 Å². The van der Waals surface area contributed by atoms with Crippen LogP contribution in [0.3, 0.4) is 0 Å². The number of carbonyl (C=O) groups is 1. The smallest absolute Gasteiger partial charge is 0.337 e. The minimum atomic E-state index is -0.425. The molecule has 0 aliphatic heterocycles. The molecule has 1 aromatic heterocycles. The molecule has 0 fully saturated rings. The predicted molar refractivity (Wildman–Crippen MR) is 100 cm³/mol. The van der Waals surface area contributed by atoms with Crippen molar-refractivity contribution in [2.75, 3.05) is 13.7 Å². The van der Waals surface area contributed by atoms with Crippen molar-refractivity contribution >= 4 is 5.97 Å². The Kier molecular flexibility index (Phi) is 5.66. The third kappa shape index (κ3) is 4.60. The number of hydrogen-bond acceptors (Lipinski definition) is 6. The molecule has 3 rings (SSSR count). The molecule has 140 valence electrons. The van der Waals surface area contributed by atoms with Crippen LogP contribution in [0.4, 0.5) is 0 Å². The molecule has 0 atom stereocenters. The van der Waals surface area contributed by atoms with Crippen molar-refractivity contribution in [2.24, 2.45) is 0 Å². The third-order valence-corrected chi connectivity index (χ3v) is 4.14. The number of esters is 1. The van der Waals surface area contributed by atoms with E-state index in [1.54, 1.807) is 24.3 Å². The normalized spacial score (nSPS) is 11.4. The molecule has 0 unspecified atom stereocenters. The molecule has 0 N–H and O–H groups in total. The molecule has 1 heterocycles. The summed E-state index contributed by atoms with van der Waals surface area (Å²) < 4.78 is 16.0. The summed E-state index contributed by atoms with van der Waals surface area (Å²) in [5.41, 5.74) is 1.93. The SMILES string of the molecule is COC(=O)c1ccc(-c2noc(C(C)(C)COCc3ccccc3)n2)cc1. The van der Waals surface area contributed by atoms with Gasteiger partial charge in [0.05, 0.1) is 31.3 Å². The van der Waals surface area contributed by atoms with Crippen LogP contribution in [-0.2, 0) is 21.5 Å². The Bertz CT molecular complexity index is 886. The summed E-state index contributed by atoms with van der Waals surface area (Å²) in [5.74, 6) is 0.590. The largest absolute Gasteiger partial charge is 0.465 e. The number of benzene rings is 2. The Morgan fingerprint density at radius 2 is 1.78 bits per heavy atom. The fourth-order valence-electron chi connectivity index (χ4n) is 2.55. The number of carbonyl (C=O) groups excluding carboxylic acids is 1. The van der Waals surface area contributed by atoms with Gasteiger partial charge in [-0.25, -0.2) is 4.79 Å². The molecule has 0 saturated heterocycles. The standard InChI is InChI=1S/C21H22N2O4/c1-21(2,14-26-13-15-7-5-4-6-8-15)20-22-18(23-27-20)16-9-11-17(12-10-16)19(24)25-3/h4-12H,13-14H2,1-3H3. The maximum atomic E-state index is 11.5. The fourth-order valence-corrected chi connectivity index (χ4v) is 2.55. The van der Waals surface area contributed by atoms with Gasteiger partial charge in [0.1, 0.15) is 0 Å². The van der Waals surface area contributed by atoms with Gasteiger partial charge in [-0.05, 0) is 31.5 Å². The first-order chi connectivity index (χ1) is 13.0. The second-order valence-corrected chi connectivity index (χ2v) is 6.85. The highest BCUT2D eigenvalue weighted by atomic mass is 16.5.